The molecule has 0 aromatic carbocycles. The third kappa shape index (κ3) is 13.9. The van der Waals surface area contributed by atoms with Crippen LogP contribution in [0.1, 0.15) is 129 Å². The molecule has 1 aliphatic rings. The van der Waals surface area contributed by atoms with Crippen molar-refractivity contribution in [3.05, 3.63) is 12.2 Å². The van der Waals surface area contributed by atoms with Crippen LogP contribution in [-0.4, -0.2) is 24.8 Å². The van der Waals surface area contributed by atoms with Crippen molar-refractivity contribution in [2.75, 3.05) is 6.61 Å². The van der Waals surface area contributed by atoms with Crippen LogP contribution in [0, 0.1) is 0 Å². The summed E-state index contributed by atoms with van der Waals surface area (Å²) in [5.74, 6) is -0.276. The molecule has 0 saturated heterocycles. The highest BCUT2D eigenvalue weighted by Gasteiger charge is 2.29. The summed E-state index contributed by atoms with van der Waals surface area (Å²) in [5, 5.41) is 0. The Balaban J connectivity index is 1.92. The van der Waals surface area contributed by atoms with Gasteiger partial charge < -0.3 is 9.47 Å². The molecule has 1 fully saturated rings. The lowest BCUT2D eigenvalue weighted by Crippen LogP contribution is -2.36. The SMILES string of the molecule is C=C(C)C(=O)OC1CCCCC1OCCCCCCCCCCCCCCCC. The van der Waals surface area contributed by atoms with E-state index in [0.29, 0.717) is 5.57 Å². The van der Waals surface area contributed by atoms with Crippen LogP contribution in [0.5, 0.6) is 0 Å². The fourth-order valence-electron chi connectivity index (χ4n) is 4.16. The molecule has 0 spiro atoms. The number of esters is 1. The summed E-state index contributed by atoms with van der Waals surface area (Å²) in [7, 11) is 0. The van der Waals surface area contributed by atoms with Crippen LogP contribution in [0.15, 0.2) is 12.2 Å². The molecule has 2 atom stereocenters. The summed E-state index contributed by atoms with van der Waals surface area (Å²) in [5.41, 5.74) is 0.473. The molecule has 170 valence electrons. The van der Waals surface area contributed by atoms with Crippen LogP contribution >= 0.6 is 0 Å². The molecule has 0 amide bonds. The number of unbranched alkanes of at least 4 members (excludes halogenated alkanes) is 13. The lowest BCUT2D eigenvalue weighted by molar-refractivity contribution is -0.156. The van der Waals surface area contributed by atoms with Crippen molar-refractivity contribution in [1.82, 2.24) is 0 Å². The summed E-state index contributed by atoms with van der Waals surface area (Å²) in [4.78, 5) is 11.8. The van der Waals surface area contributed by atoms with Gasteiger partial charge in [-0.3, -0.25) is 0 Å². The van der Waals surface area contributed by atoms with Gasteiger partial charge in [-0.05, 0) is 32.6 Å². The smallest absolute Gasteiger partial charge is 0.333 e. The third-order valence-corrected chi connectivity index (χ3v) is 6.08. The van der Waals surface area contributed by atoms with Gasteiger partial charge >= 0.3 is 5.97 Å². The molecule has 0 heterocycles. The van der Waals surface area contributed by atoms with Crippen LogP contribution in [0.25, 0.3) is 0 Å². The molecular formula is C26H48O3. The van der Waals surface area contributed by atoms with Crippen molar-refractivity contribution in [3.63, 3.8) is 0 Å². The zero-order valence-corrected chi connectivity index (χ0v) is 19.5. The van der Waals surface area contributed by atoms with Gasteiger partial charge in [-0.1, -0.05) is 103 Å². The minimum atomic E-state index is -0.276. The maximum Gasteiger partial charge on any atom is 0.333 e. The lowest BCUT2D eigenvalue weighted by Gasteiger charge is -2.31. The molecule has 0 aromatic rings. The van der Waals surface area contributed by atoms with Gasteiger partial charge in [0.1, 0.15) is 6.10 Å². The molecule has 3 nitrogen and oxygen atoms in total. The van der Waals surface area contributed by atoms with Crippen molar-refractivity contribution in [2.24, 2.45) is 0 Å². The lowest BCUT2D eigenvalue weighted by atomic mass is 9.94. The van der Waals surface area contributed by atoms with E-state index in [-0.39, 0.29) is 18.2 Å². The van der Waals surface area contributed by atoms with E-state index in [0.717, 1.165) is 32.3 Å². The molecule has 1 aliphatic carbocycles. The van der Waals surface area contributed by atoms with Gasteiger partial charge in [0.25, 0.3) is 0 Å². The Hall–Kier alpha value is -0.830. The molecule has 0 bridgehead atoms. The summed E-state index contributed by atoms with van der Waals surface area (Å²) >= 11 is 0. The highest BCUT2D eigenvalue weighted by Crippen LogP contribution is 2.25. The molecule has 0 aliphatic heterocycles. The zero-order valence-electron chi connectivity index (χ0n) is 19.5. The van der Waals surface area contributed by atoms with Gasteiger partial charge in [-0.15, -0.1) is 0 Å². The number of ether oxygens (including phenoxy) is 2. The number of hydrogen-bond acceptors (Lipinski definition) is 3. The Morgan fingerprint density at radius 2 is 1.21 bits per heavy atom. The molecule has 0 N–H and O–H groups in total. The quantitative estimate of drug-likeness (QED) is 0.131. The number of hydrogen-bond donors (Lipinski definition) is 0. The minimum absolute atomic E-state index is 0.0778. The zero-order chi connectivity index (χ0) is 21.2. The fraction of sp³-hybridized carbons (Fsp3) is 0.885. The molecule has 1 saturated carbocycles. The average Bonchev–Trinajstić information content (AvgIpc) is 2.72. The second kappa shape index (κ2) is 18.0. The van der Waals surface area contributed by atoms with E-state index >= 15 is 0 Å². The van der Waals surface area contributed by atoms with Gasteiger partial charge in [-0.2, -0.15) is 0 Å². The summed E-state index contributed by atoms with van der Waals surface area (Å²) in [6.07, 6.45) is 23.4. The van der Waals surface area contributed by atoms with Crippen molar-refractivity contribution in [1.29, 1.82) is 0 Å². The summed E-state index contributed by atoms with van der Waals surface area (Å²) < 4.78 is 11.7. The molecule has 29 heavy (non-hydrogen) atoms. The molecule has 3 heteroatoms. The second-order valence-electron chi connectivity index (χ2n) is 9.01. The van der Waals surface area contributed by atoms with Crippen molar-refractivity contribution >= 4 is 5.97 Å². The van der Waals surface area contributed by atoms with E-state index in [1.54, 1.807) is 6.92 Å². The van der Waals surface area contributed by atoms with E-state index in [1.807, 2.05) is 0 Å². The maximum absolute atomic E-state index is 11.8. The van der Waals surface area contributed by atoms with E-state index in [2.05, 4.69) is 13.5 Å². The molecule has 2 unspecified atom stereocenters. The van der Waals surface area contributed by atoms with E-state index < -0.39 is 0 Å². The summed E-state index contributed by atoms with van der Waals surface area (Å²) in [6, 6.07) is 0. The minimum Gasteiger partial charge on any atom is -0.456 e. The Morgan fingerprint density at radius 3 is 1.69 bits per heavy atom. The van der Waals surface area contributed by atoms with Gasteiger partial charge in [0, 0.05) is 12.2 Å². The van der Waals surface area contributed by atoms with E-state index in [1.165, 1.54) is 89.9 Å². The first-order valence-corrected chi connectivity index (χ1v) is 12.6. The predicted octanol–water partition coefficient (Wildman–Crippen LogP) is 7.91. The topological polar surface area (TPSA) is 35.5 Å². The Kier molecular flexibility index (Phi) is 16.2. The Morgan fingerprint density at radius 1 is 0.759 bits per heavy atom. The predicted molar refractivity (Wildman–Crippen MR) is 123 cm³/mol. The highest BCUT2D eigenvalue weighted by molar-refractivity contribution is 5.87. The van der Waals surface area contributed by atoms with Crippen LogP contribution in [0.2, 0.25) is 0 Å². The molecular weight excluding hydrogens is 360 g/mol. The highest BCUT2D eigenvalue weighted by atomic mass is 16.6. The largest absolute Gasteiger partial charge is 0.456 e. The van der Waals surface area contributed by atoms with E-state index in [9.17, 15) is 4.79 Å². The van der Waals surface area contributed by atoms with Crippen LogP contribution in [0.4, 0.5) is 0 Å². The Labute approximate surface area is 181 Å². The maximum atomic E-state index is 11.8. The van der Waals surface area contributed by atoms with Gasteiger partial charge in [0.2, 0.25) is 0 Å². The standard InChI is InChI=1S/C26H48O3/c1-4-5-6-7-8-9-10-11-12-13-14-15-16-19-22-28-24-20-17-18-21-25(24)29-26(27)23(2)3/h24-25H,2,4-22H2,1,3H3. The van der Waals surface area contributed by atoms with Crippen LogP contribution < -0.4 is 0 Å². The molecule has 1 rings (SSSR count). The van der Waals surface area contributed by atoms with Gasteiger partial charge in [0.05, 0.1) is 6.10 Å². The summed E-state index contributed by atoms with van der Waals surface area (Å²) in [6.45, 7) is 8.46. The molecule has 0 aromatic heterocycles. The van der Waals surface area contributed by atoms with Crippen molar-refractivity contribution in [3.8, 4) is 0 Å². The molecule has 0 radical (unpaired) electrons. The second-order valence-corrected chi connectivity index (χ2v) is 9.01. The average molecular weight is 409 g/mol. The Bertz CT molecular complexity index is 418. The normalized spacial score (nSPS) is 19.2. The first-order chi connectivity index (χ1) is 14.1. The van der Waals surface area contributed by atoms with Crippen LogP contribution in [0.3, 0.4) is 0 Å². The van der Waals surface area contributed by atoms with E-state index in [4.69, 9.17) is 9.47 Å². The monoisotopic (exact) mass is 408 g/mol. The number of carbonyl (C=O) groups excluding carboxylic acids is 1. The van der Waals surface area contributed by atoms with Gasteiger partial charge in [0.15, 0.2) is 0 Å². The van der Waals surface area contributed by atoms with Gasteiger partial charge in [-0.25, -0.2) is 4.79 Å². The van der Waals surface area contributed by atoms with Crippen molar-refractivity contribution < 1.29 is 14.3 Å². The van der Waals surface area contributed by atoms with Crippen LogP contribution in [-0.2, 0) is 14.3 Å². The first-order valence-electron chi connectivity index (χ1n) is 12.6. The fourth-order valence-corrected chi connectivity index (χ4v) is 4.16. The first kappa shape index (κ1) is 26.2. The van der Waals surface area contributed by atoms with Crippen molar-refractivity contribution in [2.45, 2.75) is 142 Å². The number of rotatable bonds is 18. The third-order valence-electron chi connectivity index (χ3n) is 6.08. The number of carbonyl (C=O) groups is 1.